The maximum Gasteiger partial charge on any atom is 0.328 e. The van der Waals surface area contributed by atoms with Gasteiger partial charge in [0.15, 0.2) is 0 Å². The molecule has 0 aliphatic rings. The largest absolute Gasteiger partial charge is 0.464 e. The van der Waals surface area contributed by atoms with Gasteiger partial charge < -0.3 is 15.4 Å². The van der Waals surface area contributed by atoms with Crippen molar-refractivity contribution >= 4 is 17.3 Å². The number of nitrogens with one attached hydrogen (secondary N) is 2. The van der Waals surface area contributed by atoms with Gasteiger partial charge in [0.2, 0.25) is 0 Å². The smallest absolute Gasteiger partial charge is 0.328 e. The minimum atomic E-state index is -0.402. The van der Waals surface area contributed by atoms with Crippen LogP contribution in [0.15, 0.2) is 48.5 Å². The maximum absolute atomic E-state index is 12.4. The van der Waals surface area contributed by atoms with Gasteiger partial charge in [-0.2, -0.15) is 0 Å². The number of esters is 1. The second-order valence-electron chi connectivity index (χ2n) is 6.46. The molecule has 0 fully saturated rings. The lowest BCUT2D eigenvalue weighted by atomic mass is 10.0. The van der Waals surface area contributed by atoms with Crippen LogP contribution in [0.3, 0.4) is 0 Å². The van der Waals surface area contributed by atoms with E-state index in [9.17, 15) is 4.79 Å². The topological polar surface area (TPSA) is 50.4 Å². The van der Waals surface area contributed by atoms with Crippen LogP contribution in [0.4, 0.5) is 11.4 Å². The van der Waals surface area contributed by atoms with Gasteiger partial charge in [-0.25, -0.2) is 4.79 Å². The summed E-state index contributed by atoms with van der Waals surface area (Å²) in [5, 5.41) is 6.72. The zero-order valence-electron chi connectivity index (χ0n) is 15.5. The van der Waals surface area contributed by atoms with E-state index in [1.807, 2.05) is 45.0 Å². The van der Waals surface area contributed by atoms with Crippen LogP contribution in [0.2, 0.25) is 0 Å². The number of hydrogen-bond acceptors (Lipinski definition) is 4. The van der Waals surface area contributed by atoms with Gasteiger partial charge in [-0.1, -0.05) is 42.3 Å². The first-order valence-corrected chi connectivity index (χ1v) is 8.80. The molecule has 2 atom stereocenters. The van der Waals surface area contributed by atoms with E-state index in [4.69, 9.17) is 4.74 Å². The van der Waals surface area contributed by atoms with E-state index in [2.05, 4.69) is 41.8 Å². The molecule has 0 heterocycles. The average Bonchev–Trinajstić information content (AvgIpc) is 2.60. The lowest BCUT2D eigenvalue weighted by molar-refractivity contribution is -0.145. The Morgan fingerprint density at radius 3 is 2.00 bits per heavy atom. The van der Waals surface area contributed by atoms with Crippen LogP contribution < -0.4 is 10.6 Å². The third kappa shape index (κ3) is 5.82. The summed E-state index contributed by atoms with van der Waals surface area (Å²) >= 11 is 0. The molecule has 0 bridgehead atoms. The van der Waals surface area contributed by atoms with Crippen molar-refractivity contribution in [1.29, 1.82) is 0 Å². The fourth-order valence-corrected chi connectivity index (χ4v) is 2.56. The summed E-state index contributed by atoms with van der Waals surface area (Å²) in [5.74, 6) is -0.164. The molecule has 4 nitrogen and oxygen atoms in total. The number of anilines is 2. The molecule has 0 saturated heterocycles. The van der Waals surface area contributed by atoms with E-state index < -0.39 is 6.04 Å². The van der Waals surface area contributed by atoms with E-state index in [-0.39, 0.29) is 11.9 Å². The van der Waals surface area contributed by atoms with Gasteiger partial charge in [0, 0.05) is 23.8 Å². The van der Waals surface area contributed by atoms with Gasteiger partial charge >= 0.3 is 5.97 Å². The Morgan fingerprint density at radius 2 is 1.48 bits per heavy atom. The van der Waals surface area contributed by atoms with Crippen molar-refractivity contribution in [2.24, 2.45) is 5.92 Å². The van der Waals surface area contributed by atoms with Gasteiger partial charge in [0.1, 0.15) is 6.04 Å². The molecular weight excluding hydrogens is 312 g/mol. The highest BCUT2D eigenvalue weighted by Crippen LogP contribution is 2.17. The molecule has 0 amide bonds. The lowest BCUT2D eigenvalue weighted by Crippen LogP contribution is -2.40. The molecule has 0 aliphatic heterocycles. The van der Waals surface area contributed by atoms with Crippen LogP contribution in [0.5, 0.6) is 0 Å². The fraction of sp³-hybridized carbons (Fsp3) is 0.381. The third-order valence-corrected chi connectivity index (χ3v) is 4.16. The second-order valence-corrected chi connectivity index (χ2v) is 6.46. The highest BCUT2D eigenvalue weighted by atomic mass is 16.5. The van der Waals surface area contributed by atoms with Crippen LogP contribution in [-0.4, -0.2) is 25.2 Å². The third-order valence-electron chi connectivity index (χ3n) is 4.16. The zero-order valence-corrected chi connectivity index (χ0v) is 15.5. The van der Waals surface area contributed by atoms with E-state index in [0.717, 1.165) is 11.4 Å². The minimum Gasteiger partial charge on any atom is -0.464 e. The summed E-state index contributed by atoms with van der Waals surface area (Å²) in [6, 6.07) is 15.9. The molecule has 0 spiro atoms. The Hall–Kier alpha value is -2.49. The van der Waals surface area contributed by atoms with Crippen molar-refractivity contribution in [3.8, 4) is 0 Å². The van der Waals surface area contributed by atoms with Crippen molar-refractivity contribution < 1.29 is 9.53 Å². The molecule has 134 valence electrons. The first-order valence-electron chi connectivity index (χ1n) is 8.80. The number of carbonyl (C=O) groups is 1. The lowest BCUT2D eigenvalue weighted by Gasteiger charge is -2.25. The first-order chi connectivity index (χ1) is 12.0. The number of rotatable bonds is 8. The van der Waals surface area contributed by atoms with Crippen molar-refractivity contribution in [3.63, 3.8) is 0 Å². The van der Waals surface area contributed by atoms with E-state index >= 15 is 0 Å². The number of carbonyl (C=O) groups excluding carboxylic acids is 1. The zero-order chi connectivity index (χ0) is 18.2. The molecule has 0 aromatic heterocycles. The Balaban J connectivity index is 2.03. The number of aryl methyl sites for hydroxylation is 2. The van der Waals surface area contributed by atoms with Gasteiger partial charge in [-0.3, -0.25) is 0 Å². The molecule has 25 heavy (non-hydrogen) atoms. The SMILES string of the molecule is CCOC(=O)C(Nc1ccc(C)cc1)C(C)CNc1ccc(C)cc1. The Bertz CT molecular complexity index is 665. The highest BCUT2D eigenvalue weighted by molar-refractivity contribution is 5.79. The van der Waals surface area contributed by atoms with Gasteiger partial charge in [0.25, 0.3) is 0 Å². The standard InChI is InChI=1S/C21H28N2O2/c1-5-25-21(24)20(23-19-12-8-16(3)9-13-19)17(4)14-22-18-10-6-15(2)7-11-18/h6-13,17,20,22-23H,5,14H2,1-4H3. The van der Waals surface area contributed by atoms with Crippen LogP contribution in [0.1, 0.15) is 25.0 Å². The molecule has 0 radical (unpaired) electrons. The molecule has 2 rings (SSSR count). The fourth-order valence-electron chi connectivity index (χ4n) is 2.56. The number of benzene rings is 2. The van der Waals surface area contributed by atoms with Crippen molar-refractivity contribution in [3.05, 3.63) is 59.7 Å². The van der Waals surface area contributed by atoms with E-state index in [1.165, 1.54) is 11.1 Å². The maximum atomic E-state index is 12.4. The Kier molecular flexibility index (Phi) is 6.87. The Labute approximate surface area is 150 Å². The quantitative estimate of drug-likeness (QED) is 0.700. The van der Waals surface area contributed by atoms with Gasteiger partial charge in [-0.15, -0.1) is 0 Å². The van der Waals surface area contributed by atoms with Gasteiger partial charge in [-0.05, 0) is 45.0 Å². The molecule has 2 aromatic rings. The molecule has 2 unspecified atom stereocenters. The van der Waals surface area contributed by atoms with Crippen LogP contribution in [0.25, 0.3) is 0 Å². The summed E-state index contributed by atoms with van der Waals surface area (Å²) in [6.45, 7) is 9.03. The van der Waals surface area contributed by atoms with Crippen molar-refractivity contribution in [2.45, 2.75) is 33.7 Å². The second kappa shape index (κ2) is 9.11. The van der Waals surface area contributed by atoms with Gasteiger partial charge in [0.05, 0.1) is 6.61 Å². The highest BCUT2D eigenvalue weighted by Gasteiger charge is 2.26. The molecule has 4 heteroatoms. The normalized spacial score (nSPS) is 13.0. The van der Waals surface area contributed by atoms with E-state index in [1.54, 1.807) is 0 Å². The summed E-state index contributed by atoms with van der Waals surface area (Å²) in [4.78, 5) is 12.4. The Morgan fingerprint density at radius 1 is 0.960 bits per heavy atom. The summed E-state index contributed by atoms with van der Waals surface area (Å²) in [6.07, 6.45) is 0. The van der Waals surface area contributed by atoms with Crippen LogP contribution in [0, 0.1) is 19.8 Å². The van der Waals surface area contributed by atoms with E-state index in [0.29, 0.717) is 13.2 Å². The predicted molar refractivity (Wildman–Crippen MR) is 104 cm³/mol. The molecule has 0 aliphatic carbocycles. The molecule has 2 N–H and O–H groups in total. The average molecular weight is 340 g/mol. The molecule has 2 aromatic carbocycles. The number of hydrogen-bond donors (Lipinski definition) is 2. The minimum absolute atomic E-state index is 0.0571. The van der Waals surface area contributed by atoms with Crippen LogP contribution >= 0.6 is 0 Å². The van der Waals surface area contributed by atoms with Crippen molar-refractivity contribution in [2.75, 3.05) is 23.8 Å². The summed E-state index contributed by atoms with van der Waals surface area (Å²) in [5.41, 5.74) is 4.39. The predicted octanol–water partition coefficient (Wildman–Crippen LogP) is 4.40. The molecular formula is C21H28N2O2. The molecule has 0 saturated carbocycles. The first kappa shape index (κ1) is 18.8. The van der Waals surface area contributed by atoms with Crippen LogP contribution in [-0.2, 0) is 9.53 Å². The summed E-state index contributed by atoms with van der Waals surface area (Å²) in [7, 11) is 0. The van der Waals surface area contributed by atoms with Crippen molar-refractivity contribution in [1.82, 2.24) is 0 Å². The summed E-state index contributed by atoms with van der Waals surface area (Å²) < 4.78 is 5.26. The number of ether oxygens (including phenoxy) is 1. The monoisotopic (exact) mass is 340 g/mol.